The van der Waals surface area contributed by atoms with Gasteiger partial charge in [0.2, 0.25) is 0 Å². The zero-order chi connectivity index (χ0) is 13.1. The van der Waals surface area contributed by atoms with Gasteiger partial charge in [-0.15, -0.1) is 0 Å². The van der Waals surface area contributed by atoms with E-state index in [-0.39, 0.29) is 18.6 Å². The van der Waals surface area contributed by atoms with Crippen molar-refractivity contribution in [3.63, 3.8) is 0 Å². The highest BCUT2D eigenvalue weighted by Crippen LogP contribution is 2.38. The summed E-state index contributed by atoms with van der Waals surface area (Å²) in [5.74, 6) is 3.34. The van der Waals surface area contributed by atoms with Gasteiger partial charge in [0.25, 0.3) is 0 Å². The minimum absolute atomic E-state index is 0.174. The van der Waals surface area contributed by atoms with Crippen LogP contribution in [0.25, 0.3) is 0 Å². The molecule has 1 aliphatic carbocycles. The third-order valence-corrected chi connectivity index (χ3v) is 3.46. The molecule has 1 aromatic heterocycles. The summed E-state index contributed by atoms with van der Waals surface area (Å²) in [5, 5.41) is 15.6. The Hall–Kier alpha value is -1.36. The molecule has 5 nitrogen and oxygen atoms in total. The number of anilines is 2. The van der Waals surface area contributed by atoms with Gasteiger partial charge in [-0.2, -0.15) is 0 Å². The Morgan fingerprint density at radius 2 is 2.00 bits per heavy atom. The largest absolute Gasteiger partial charge is 0.396 e. The number of hydrogen-bond acceptors (Lipinski definition) is 5. The summed E-state index contributed by atoms with van der Waals surface area (Å²) in [6.07, 6.45) is 2.38. The van der Waals surface area contributed by atoms with Crippen LogP contribution in [-0.2, 0) is 0 Å². The molecule has 0 spiro atoms. The second-order valence-corrected chi connectivity index (χ2v) is 5.11. The van der Waals surface area contributed by atoms with Crippen molar-refractivity contribution in [2.75, 3.05) is 24.3 Å². The molecule has 2 atom stereocenters. The number of aromatic nitrogens is 2. The molecule has 3 N–H and O–H groups in total. The van der Waals surface area contributed by atoms with Crippen molar-refractivity contribution in [1.82, 2.24) is 9.97 Å². The Balaban J connectivity index is 2.13. The average Bonchev–Trinajstić information content (AvgIpc) is 3.21. The zero-order valence-corrected chi connectivity index (χ0v) is 11.3. The summed E-state index contributed by atoms with van der Waals surface area (Å²) < 4.78 is 0. The monoisotopic (exact) mass is 250 g/mol. The summed E-state index contributed by atoms with van der Waals surface area (Å²) in [6.45, 7) is 4.24. The van der Waals surface area contributed by atoms with Crippen molar-refractivity contribution >= 4 is 11.6 Å². The molecular weight excluding hydrogens is 228 g/mol. The first-order valence-corrected chi connectivity index (χ1v) is 6.58. The standard InChI is InChI=1S/C13H22N4O/c1-8(7-18)9(2)15-12-6-11(14-3)16-13(17-12)10-4-5-10/h6,8-10,18H,4-5,7H2,1-3H3,(H2,14,15,16,17). The highest BCUT2D eigenvalue weighted by atomic mass is 16.3. The third-order valence-electron chi connectivity index (χ3n) is 3.46. The van der Waals surface area contributed by atoms with Crippen molar-refractivity contribution in [2.24, 2.45) is 5.92 Å². The van der Waals surface area contributed by atoms with Crippen molar-refractivity contribution in [2.45, 2.75) is 38.6 Å². The first-order valence-electron chi connectivity index (χ1n) is 6.58. The first-order chi connectivity index (χ1) is 8.63. The Morgan fingerprint density at radius 3 is 2.56 bits per heavy atom. The quantitative estimate of drug-likeness (QED) is 0.718. The Kier molecular flexibility index (Phi) is 4.01. The van der Waals surface area contributed by atoms with E-state index in [1.807, 2.05) is 20.0 Å². The lowest BCUT2D eigenvalue weighted by Crippen LogP contribution is -2.27. The molecule has 2 unspecified atom stereocenters. The lowest BCUT2D eigenvalue weighted by Gasteiger charge is -2.20. The van der Waals surface area contributed by atoms with E-state index in [0.29, 0.717) is 5.92 Å². The van der Waals surface area contributed by atoms with Crippen molar-refractivity contribution in [3.8, 4) is 0 Å². The fraction of sp³-hybridized carbons (Fsp3) is 0.692. The smallest absolute Gasteiger partial charge is 0.136 e. The van der Waals surface area contributed by atoms with Gasteiger partial charge >= 0.3 is 0 Å². The summed E-state index contributed by atoms with van der Waals surface area (Å²) in [4.78, 5) is 9.03. The summed E-state index contributed by atoms with van der Waals surface area (Å²) >= 11 is 0. The zero-order valence-electron chi connectivity index (χ0n) is 11.3. The molecule has 5 heteroatoms. The maximum atomic E-state index is 9.15. The Morgan fingerprint density at radius 1 is 1.33 bits per heavy atom. The van der Waals surface area contributed by atoms with Gasteiger partial charge in [-0.1, -0.05) is 6.92 Å². The van der Waals surface area contributed by atoms with Crippen LogP contribution in [0.5, 0.6) is 0 Å². The van der Waals surface area contributed by atoms with Gasteiger partial charge < -0.3 is 15.7 Å². The van der Waals surface area contributed by atoms with Crippen LogP contribution in [0.1, 0.15) is 38.4 Å². The van der Waals surface area contributed by atoms with Gasteiger partial charge in [0.05, 0.1) is 0 Å². The maximum absolute atomic E-state index is 9.15. The van der Waals surface area contributed by atoms with Gasteiger partial charge in [0.1, 0.15) is 17.5 Å². The van der Waals surface area contributed by atoms with Crippen molar-refractivity contribution < 1.29 is 5.11 Å². The van der Waals surface area contributed by atoms with Crippen LogP contribution in [0.15, 0.2) is 6.07 Å². The predicted octanol–water partition coefficient (Wildman–Crippen LogP) is 1.82. The van der Waals surface area contributed by atoms with Crippen molar-refractivity contribution in [3.05, 3.63) is 11.9 Å². The number of aliphatic hydroxyl groups is 1. The lowest BCUT2D eigenvalue weighted by molar-refractivity contribution is 0.226. The second kappa shape index (κ2) is 5.52. The van der Waals surface area contributed by atoms with Crippen LogP contribution in [0.3, 0.4) is 0 Å². The molecule has 0 radical (unpaired) electrons. The van der Waals surface area contributed by atoms with Gasteiger partial charge in [-0.3, -0.25) is 0 Å². The summed E-state index contributed by atoms with van der Waals surface area (Å²) in [5.41, 5.74) is 0. The van der Waals surface area contributed by atoms with Crippen LogP contribution in [-0.4, -0.2) is 34.8 Å². The minimum atomic E-state index is 0.174. The number of nitrogens with one attached hydrogen (secondary N) is 2. The molecule has 0 amide bonds. The second-order valence-electron chi connectivity index (χ2n) is 5.11. The Labute approximate surface area is 108 Å². The van der Waals surface area contributed by atoms with E-state index in [0.717, 1.165) is 17.5 Å². The molecule has 2 rings (SSSR count). The molecule has 0 aliphatic heterocycles. The minimum Gasteiger partial charge on any atom is -0.396 e. The van der Waals surface area contributed by atoms with Gasteiger partial charge in [0, 0.05) is 31.7 Å². The van der Waals surface area contributed by atoms with Crippen molar-refractivity contribution in [1.29, 1.82) is 0 Å². The topological polar surface area (TPSA) is 70.1 Å². The highest BCUT2D eigenvalue weighted by molar-refractivity contribution is 5.48. The maximum Gasteiger partial charge on any atom is 0.136 e. The van der Waals surface area contributed by atoms with Crippen LogP contribution < -0.4 is 10.6 Å². The third kappa shape index (κ3) is 3.10. The van der Waals surface area contributed by atoms with Gasteiger partial charge in [-0.05, 0) is 25.7 Å². The SMILES string of the molecule is CNc1cc(NC(C)C(C)CO)nc(C2CC2)n1. The molecule has 0 aromatic carbocycles. The summed E-state index contributed by atoms with van der Waals surface area (Å²) in [6, 6.07) is 2.09. The molecule has 1 aliphatic rings. The van der Waals surface area contributed by atoms with E-state index in [1.54, 1.807) is 0 Å². The average molecular weight is 250 g/mol. The summed E-state index contributed by atoms with van der Waals surface area (Å²) in [7, 11) is 1.86. The van der Waals surface area contributed by atoms with Gasteiger partial charge in [0.15, 0.2) is 0 Å². The normalized spacial score (nSPS) is 18.2. The predicted molar refractivity (Wildman–Crippen MR) is 72.9 cm³/mol. The van der Waals surface area contributed by atoms with E-state index in [9.17, 15) is 0 Å². The molecular formula is C13H22N4O. The molecule has 1 fully saturated rings. The van der Waals surface area contributed by atoms with E-state index in [1.165, 1.54) is 12.8 Å². The molecule has 0 saturated heterocycles. The van der Waals surface area contributed by atoms with E-state index in [2.05, 4.69) is 27.5 Å². The number of aliphatic hydroxyl groups excluding tert-OH is 1. The van der Waals surface area contributed by atoms with E-state index >= 15 is 0 Å². The van der Waals surface area contributed by atoms with Crippen LogP contribution in [0, 0.1) is 5.92 Å². The molecule has 18 heavy (non-hydrogen) atoms. The number of hydrogen-bond donors (Lipinski definition) is 3. The molecule has 1 heterocycles. The first kappa shape index (κ1) is 13.1. The fourth-order valence-electron chi connectivity index (χ4n) is 1.73. The highest BCUT2D eigenvalue weighted by Gasteiger charge is 2.27. The molecule has 1 saturated carbocycles. The fourth-order valence-corrected chi connectivity index (χ4v) is 1.73. The number of nitrogens with zero attached hydrogens (tertiary/aromatic N) is 2. The lowest BCUT2D eigenvalue weighted by atomic mass is 10.1. The van der Waals surface area contributed by atoms with E-state index < -0.39 is 0 Å². The molecule has 100 valence electrons. The molecule has 1 aromatic rings. The van der Waals surface area contributed by atoms with E-state index in [4.69, 9.17) is 5.11 Å². The van der Waals surface area contributed by atoms with Gasteiger partial charge in [-0.25, -0.2) is 9.97 Å². The number of rotatable bonds is 6. The van der Waals surface area contributed by atoms with Crippen LogP contribution in [0.4, 0.5) is 11.6 Å². The van der Waals surface area contributed by atoms with Crippen LogP contribution >= 0.6 is 0 Å². The Bertz CT molecular complexity index is 406. The van der Waals surface area contributed by atoms with Crippen LogP contribution in [0.2, 0.25) is 0 Å². The molecule has 0 bridgehead atoms.